The molecule has 2 N–H and O–H groups in total. The van der Waals surface area contributed by atoms with Crippen molar-refractivity contribution in [2.24, 2.45) is 0 Å². The quantitative estimate of drug-likeness (QED) is 0.754. The van der Waals surface area contributed by atoms with Gasteiger partial charge in [-0.3, -0.25) is 15.2 Å². The van der Waals surface area contributed by atoms with E-state index in [1.165, 1.54) is 0 Å². The summed E-state index contributed by atoms with van der Waals surface area (Å²) in [5.41, 5.74) is 1.42. The summed E-state index contributed by atoms with van der Waals surface area (Å²) in [6.45, 7) is 1.77. The van der Waals surface area contributed by atoms with Crippen molar-refractivity contribution in [2.75, 3.05) is 5.32 Å². The van der Waals surface area contributed by atoms with Crippen LogP contribution in [-0.4, -0.2) is 30.9 Å². The van der Waals surface area contributed by atoms with Gasteiger partial charge in [0, 0.05) is 18.0 Å². The molecule has 2 heterocycles. The van der Waals surface area contributed by atoms with Crippen LogP contribution in [0.5, 0.6) is 0 Å². The zero-order valence-corrected chi connectivity index (χ0v) is 10.7. The molecule has 0 unspecified atom stereocenters. The number of nitrogens with zero attached hydrogens (tertiary/aromatic N) is 4. The molecular formula is C13H12N6O. The highest BCUT2D eigenvalue weighted by atomic mass is 16.1. The Morgan fingerprint density at radius 3 is 2.70 bits per heavy atom. The minimum absolute atomic E-state index is 0.254. The Labute approximate surface area is 114 Å². The molecule has 0 bridgehead atoms. The number of benzene rings is 1. The van der Waals surface area contributed by atoms with Crippen LogP contribution in [0, 0.1) is 6.92 Å². The number of H-pyrrole nitrogens is 1. The molecule has 0 radical (unpaired) electrons. The van der Waals surface area contributed by atoms with Gasteiger partial charge in [-0.1, -0.05) is 0 Å². The van der Waals surface area contributed by atoms with Gasteiger partial charge in [0.05, 0.1) is 5.69 Å². The van der Waals surface area contributed by atoms with Crippen molar-refractivity contribution in [3.63, 3.8) is 0 Å². The van der Waals surface area contributed by atoms with Gasteiger partial charge in [0.15, 0.2) is 0 Å². The van der Waals surface area contributed by atoms with Crippen molar-refractivity contribution < 1.29 is 4.79 Å². The van der Waals surface area contributed by atoms with Gasteiger partial charge in [0.2, 0.25) is 5.95 Å². The number of aromatic amines is 1. The average Bonchev–Trinajstić information content (AvgIpc) is 3.11. The van der Waals surface area contributed by atoms with Crippen molar-refractivity contribution >= 4 is 11.9 Å². The Kier molecular flexibility index (Phi) is 3.00. The number of nitrogens with one attached hydrogen (secondary N) is 2. The molecule has 7 nitrogen and oxygen atoms in total. The fraction of sp³-hybridized carbons (Fsp3) is 0.0769. The molecule has 100 valence electrons. The molecule has 0 atom stereocenters. The maximum Gasteiger partial charge on any atom is 0.258 e. The second kappa shape index (κ2) is 4.96. The number of aromatic nitrogens is 5. The lowest BCUT2D eigenvalue weighted by molar-refractivity contribution is 0.102. The summed E-state index contributed by atoms with van der Waals surface area (Å²) in [5, 5.41) is 13.3. The van der Waals surface area contributed by atoms with Gasteiger partial charge in [0.1, 0.15) is 5.82 Å². The van der Waals surface area contributed by atoms with Crippen molar-refractivity contribution in [1.29, 1.82) is 0 Å². The molecule has 0 saturated heterocycles. The SMILES string of the molecule is Cc1nc(NC(=O)c2ccc(-n3cccn3)cc2)n[nH]1. The first kappa shape index (κ1) is 12.1. The standard InChI is InChI=1S/C13H12N6O/c1-9-15-13(18-17-9)16-12(20)10-3-5-11(6-4-10)19-8-2-7-14-19/h2-8H,1H3,(H2,15,16,17,18,20). The predicted molar refractivity (Wildman–Crippen MR) is 72.6 cm³/mol. The van der Waals surface area contributed by atoms with E-state index in [2.05, 4.69) is 25.6 Å². The molecule has 0 aliphatic carbocycles. The van der Waals surface area contributed by atoms with Crippen molar-refractivity contribution in [1.82, 2.24) is 25.0 Å². The molecule has 0 fully saturated rings. The minimum Gasteiger partial charge on any atom is -0.289 e. The van der Waals surface area contributed by atoms with Crippen LogP contribution in [0.3, 0.4) is 0 Å². The van der Waals surface area contributed by atoms with Gasteiger partial charge in [-0.15, -0.1) is 5.10 Å². The van der Waals surface area contributed by atoms with E-state index in [4.69, 9.17) is 0 Å². The number of hydrogen-bond donors (Lipinski definition) is 2. The van der Waals surface area contributed by atoms with E-state index >= 15 is 0 Å². The first-order valence-corrected chi connectivity index (χ1v) is 6.03. The van der Waals surface area contributed by atoms with Crippen molar-refractivity contribution in [3.05, 3.63) is 54.1 Å². The van der Waals surface area contributed by atoms with Crippen molar-refractivity contribution in [3.8, 4) is 5.69 Å². The summed E-state index contributed by atoms with van der Waals surface area (Å²) < 4.78 is 1.72. The van der Waals surface area contributed by atoms with Gasteiger partial charge >= 0.3 is 0 Å². The summed E-state index contributed by atoms with van der Waals surface area (Å²) >= 11 is 0. The van der Waals surface area contributed by atoms with E-state index in [0.717, 1.165) is 5.69 Å². The highest BCUT2D eigenvalue weighted by Gasteiger charge is 2.09. The minimum atomic E-state index is -0.254. The van der Waals surface area contributed by atoms with Crippen LogP contribution in [0.2, 0.25) is 0 Å². The van der Waals surface area contributed by atoms with Crippen LogP contribution < -0.4 is 5.32 Å². The molecule has 2 aromatic heterocycles. The van der Waals surface area contributed by atoms with E-state index in [1.807, 2.05) is 24.4 Å². The molecule has 7 heteroatoms. The van der Waals surface area contributed by atoms with Gasteiger partial charge in [-0.25, -0.2) is 4.68 Å². The summed E-state index contributed by atoms with van der Waals surface area (Å²) in [7, 11) is 0. The molecule has 3 aromatic rings. The summed E-state index contributed by atoms with van der Waals surface area (Å²) in [6.07, 6.45) is 3.54. The Balaban J connectivity index is 1.75. The number of hydrogen-bond acceptors (Lipinski definition) is 4. The molecular weight excluding hydrogens is 256 g/mol. The van der Waals surface area contributed by atoms with Crippen LogP contribution in [0.4, 0.5) is 5.95 Å². The van der Waals surface area contributed by atoms with E-state index < -0.39 is 0 Å². The zero-order valence-electron chi connectivity index (χ0n) is 10.7. The smallest absolute Gasteiger partial charge is 0.258 e. The lowest BCUT2D eigenvalue weighted by atomic mass is 10.2. The fourth-order valence-electron chi connectivity index (χ4n) is 1.76. The van der Waals surface area contributed by atoms with E-state index in [9.17, 15) is 4.79 Å². The highest BCUT2D eigenvalue weighted by molar-refractivity contribution is 6.03. The second-order valence-electron chi connectivity index (χ2n) is 4.20. The fourth-order valence-corrected chi connectivity index (χ4v) is 1.76. The first-order chi connectivity index (χ1) is 9.72. The van der Waals surface area contributed by atoms with Crippen LogP contribution in [0.15, 0.2) is 42.7 Å². The molecule has 0 aliphatic rings. The van der Waals surface area contributed by atoms with E-state index in [1.54, 1.807) is 29.9 Å². The van der Waals surface area contributed by atoms with Gasteiger partial charge in [-0.2, -0.15) is 10.1 Å². The number of rotatable bonds is 3. The molecule has 3 rings (SSSR count). The number of anilines is 1. The summed E-state index contributed by atoms with van der Waals surface area (Å²) in [5.74, 6) is 0.661. The topological polar surface area (TPSA) is 88.5 Å². The highest BCUT2D eigenvalue weighted by Crippen LogP contribution is 2.10. The monoisotopic (exact) mass is 268 g/mol. The molecule has 1 amide bonds. The second-order valence-corrected chi connectivity index (χ2v) is 4.20. The number of amides is 1. The Morgan fingerprint density at radius 1 is 1.30 bits per heavy atom. The van der Waals surface area contributed by atoms with Gasteiger partial charge < -0.3 is 0 Å². The number of carbonyl (C=O) groups excluding carboxylic acids is 1. The van der Waals surface area contributed by atoms with Crippen LogP contribution in [0.25, 0.3) is 5.69 Å². The predicted octanol–water partition coefficient (Wildman–Crippen LogP) is 1.55. The summed E-state index contributed by atoms with van der Waals surface area (Å²) in [4.78, 5) is 16.0. The largest absolute Gasteiger partial charge is 0.289 e. The van der Waals surface area contributed by atoms with E-state index in [0.29, 0.717) is 11.4 Å². The molecule has 0 aliphatic heterocycles. The lowest BCUT2D eigenvalue weighted by Crippen LogP contribution is -2.13. The number of carbonyl (C=O) groups is 1. The van der Waals surface area contributed by atoms with E-state index in [-0.39, 0.29) is 11.9 Å². The van der Waals surface area contributed by atoms with Crippen molar-refractivity contribution in [2.45, 2.75) is 6.92 Å². The zero-order chi connectivity index (χ0) is 13.9. The third-order valence-electron chi connectivity index (χ3n) is 2.72. The number of aryl methyl sites for hydroxylation is 1. The Hall–Kier alpha value is -2.96. The lowest BCUT2D eigenvalue weighted by Gasteiger charge is -2.04. The first-order valence-electron chi connectivity index (χ1n) is 6.03. The maximum atomic E-state index is 12.0. The van der Waals surface area contributed by atoms with Crippen LogP contribution in [-0.2, 0) is 0 Å². The van der Waals surface area contributed by atoms with Crippen LogP contribution in [0.1, 0.15) is 16.2 Å². The third kappa shape index (κ3) is 2.41. The third-order valence-corrected chi connectivity index (χ3v) is 2.72. The van der Waals surface area contributed by atoms with Gasteiger partial charge in [0.25, 0.3) is 5.91 Å². The normalized spacial score (nSPS) is 10.4. The molecule has 0 spiro atoms. The Bertz CT molecular complexity index is 714. The van der Waals surface area contributed by atoms with Gasteiger partial charge in [-0.05, 0) is 37.3 Å². The molecule has 0 saturated carbocycles. The molecule has 20 heavy (non-hydrogen) atoms. The maximum absolute atomic E-state index is 12.0. The molecule has 1 aromatic carbocycles. The van der Waals surface area contributed by atoms with Crippen LogP contribution >= 0.6 is 0 Å². The Morgan fingerprint density at radius 2 is 2.10 bits per heavy atom. The average molecular weight is 268 g/mol. The summed E-state index contributed by atoms with van der Waals surface area (Å²) in [6, 6.07) is 8.94.